The maximum atomic E-state index is 12.2. The van der Waals surface area contributed by atoms with Gasteiger partial charge in [-0.05, 0) is 42.5 Å². The second-order valence-corrected chi connectivity index (χ2v) is 9.53. The number of rotatable bonds is 7. The molecule has 1 N–H and O–H groups in total. The number of anilines is 1. The van der Waals surface area contributed by atoms with Crippen molar-refractivity contribution in [1.82, 2.24) is 14.8 Å². The minimum Gasteiger partial charge on any atom is -0.462 e. The Morgan fingerprint density at radius 1 is 1.06 bits per heavy atom. The van der Waals surface area contributed by atoms with Crippen LogP contribution in [0.25, 0.3) is 17.1 Å². The van der Waals surface area contributed by atoms with Crippen LogP contribution >= 0.6 is 0 Å². The molecule has 0 aliphatic rings. The Morgan fingerprint density at radius 3 is 2.29 bits per heavy atom. The average Bonchev–Trinajstić information content (AvgIpc) is 3.10. The van der Waals surface area contributed by atoms with Gasteiger partial charge in [-0.3, -0.25) is 4.79 Å². The van der Waals surface area contributed by atoms with E-state index in [9.17, 15) is 4.79 Å². The number of carbonyl (C=O) groups excluding carboxylic acids is 1. The summed E-state index contributed by atoms with van der Waals surface area (Å²) in [5.41, 5.74) is 3.68. The monoisotopic (exact) mass is 420 g/mol. The minimum atomic E-state index is -0.0555. The fraction of sp³-hybridized carbons (Fsp3) is 0.400. The largest absolute Gasteiger partial charge is 0.462 e. The van der Waals surface area contributed by atoms with Crippen molar-refractivity contribution in [3.8, 4) is 23.1 Å². The number of amides is 1. The van der Waals surface area contributed by atoms with Crippen LogP contribution in [0.2, 0.25) is 0 Å². The summed E-state index contributed by atoms with van der Waals surface area (Å²) in [7, 11) is 0. The highest BCUT2D eigenvalue weighted by Gasteiger charge is 2.17. The minimum absolute atomic E-state index is 0.00530. The van der Waals surface area contributed by atoms with E-state index < -0.39 is 0 Å². The Hall–Kier alpha value is -3.15. The number of hydrogen-bond acceptors (Lipinski definition) is 4. The number of nitrogens with one attached hydrogen (secondary N) is 1. The zero-order chi connectivity index (χ0) is 22.6. The van der Waals surface area contributed by atoms with Gasteiger partial charge in [0.25, 0.3) is 0 Å². The fourth-order valence-corrected chi connectivity index (χ4v) is 3.04. The molecule has 0 radical (unpaired) electrons. The summed E-state index contributed by atoms with van der Waals surface area (Å²) >= 11 is 0. The van der Waals surface area contributed by atoms with E-state index in [1.54, 1.807) is 4.68 Å². The lowest BCUT2D eigenvalue weighted by Crippen LogP contribution is -2.19. The van der Waals surface area contributed by atoms with Gasteiger partial charge in [0.15, 0.2) is 5.82 Å². The van der Waals surface area contributed by atoms with Crippen LogP contribution in [-0.4, -0.2) is 27.3 Å². The molecule has 2 aromatic carbocycles. The number of hydrogen-bond donors (Lipinski definition) is 1. The molecule has 0 unspecified atom stereocenters. The molecule has 0 aliphatic heterocycles. The van der Waals surface area contributed by atoms with Crippen molar-refractivity contribution in [2.24, 2.45) is 11.3 Å². The van der Waals surface area contributed by atoms with Crippen molar-refractivity contribution >= 4 is 11.6 Å². The molecule has 6 nitrogen and oxygen atoms in total. The van der Waals surface area contributed by atoms with Crippen molar-refractivity contribution < 1.29 is 9.53 Å². The molecule has 31 heavy (non-hydrogen) atoms. The first-order valence-corrected chi connectivity index (χ1v) is 10.7. The molecule has 0 spiro atoms. The third kappa shape index (κ3) is 6.41. The summed E-state index contributed by atoms with van der Waals surface area (Å²) in [6.45, 7) is 12.9. The number of aromatic nitrogens is 3. The van der Waals surface area contributed by atoms with Crippen LogP contribution < -0.4 is 10.1 Å². The molecule has 0 bridgehead atoms. The second-order valence-electron chi connectivity index (χ2n) is 9.53. The predicted octanol–water partition coefficient (Wildman–Crippen LogP) is 5.65. The van der Waals surface area contributed by atoms with Gasteiger partial charge in [-0.2, -0.15) is 4.98 Å². The van der Waals surface area contributed by atoms with Crippen LogP contribution in [0.5, 0.6) is 6.01 Å². The summed E-state index contributed by atoms with van der Waals surface area (Å²) in [5, 5.41) is 7.54. The molecular formula is C25H32N4O2. The third-order valence-electron chi connectivity index (χ3n) is 4.53. The van der Waals surface area contributed by atoms with Crippen molar-refractivity contribution in [1.29, 1.82) is 0 Å². The summed E-state index contributed by atoms with van der Waals surface area (Å²) < 4.78 is 7.56. The Balaban J connectivity index is 1.87. The SMILES string of the molecule is Cc1ccc(-c2nc(OCC(C)C)nn2-c2ccc(NC(=O)CC(C)(C)C)cc2)cc1. The number of aryl methyl sites for hydroxylation is 1. The predicted molar refractivity (Wildman–Crippen MR) is 125 cm³/mol. The third-order valence-corrected chi connectivity index (χ3v) is 4.53. The van der Waals surface area contributed by atoms with Gasteiger partial charge in [-0.15, -0.1) is 5.10 Å². The molecule has 164 valence electrons. The first kappa shape index (κ1) is 22.5. The molecular weight excluding hydrogens is 388 g/mol. The van der Waals surface area contributed by atoms with Gasteiger partial charge in [-0.25, -0.2) is 4.68 Å². The van der Waals surface area contributed by atoms with E-state index in [1.807, 2.05) is 57.2 Å². The van der Waals surface area contributed by atoms with Crippen LogP contribution in [0, 0.1) is 18.3 Å². The van der Waals surface area contributed by atoms with Crippen LogP contribution in [0.1, 0.15) is 46.6 Å². The summed E-state index contributed by atoms with van der Waals surface area (Å²) in [6.07, 6.45) is 0.464. The van der Waals surface area contributed by atoms with Crippen molar-refractivity contribution in [3.05, 3.63) is 54.1 Å². The van der Waals surface area contributed by atoms with Crippen LogP contribution in [0.3, 0.4) is 0 Å². The van der Waals surface area contributed by atoms with Gasteiger partial charge in [0, 0.05) is 17.7 Å². The molecule has 0 aliphatic carbocycles. The van der Waals surface area contributed by atoms with Gasteiger partial charge in [0.05, 0.1) is 12.3 Å². The van der Waals surface area contributed by atoms with Gasteiger partial charge < -0.3 is 10.1 Å². The maximum absolute atomic E-state index is 12.2. The summed E-state index contributed by atoms with van der Waals surface area (Å²) in [5.74, 6) is 1.10. The average molecular weight is 421 g/mol. The maximum Gasteiger partial charge on any atom is 0.336 e. The fourth-order valence-electron chi connectivity index (χ4n) is 3.04. The highest BCUT2D eigenvalue weighted by Crippen LogP contribution is 2.25. The molecule has 6 heteroatoms. The number of nitrogens with zero attached hydrogens (tertiary/aromatic N) is 3. The van der Waals surface area contributed by atoms with E-state index in [0.717, 1.165) is 16.9 Å². The lowest BCUT2D eigenvalue weighted by Gasteiger charge is -2.17. The zero-order valence-electron chi connectivity index (χ0n) is 19.3. The standard InChI is InChI=1S/C25H32N4O2/c1-17(2)16-31-24-27-23(19-9-7-18(3)8-10-19)29(28-24)21-13-11-20(12-14-21)26-22(30)15-25(4,5)6/h7-14,17H,15-16H2,1-6H3,(H,26,30). The zero-order valence-corrected chi connectivity index (χ0v) is 19.3. The van der Waals surface area contributed by atoms with Gasteiger partial charge in [0.1, 0.15) is 0 Å². The number of carbonyl (C=O) groups is 1. The number of benzene rings is 2. The van der Waals surface area contributed by atoms with Crippen LogP contribution in [-0.2, 0) is 4.79 Å². The smallest absolute Gasteiger partial charge is 0.336 e. The molecule has 0 fully saturated rings. The summed E-state index contributed by atoms with van der Waals surface area (Å²) in [6, 6.07) is 16.1. The topological polar surface area (TPSA) is 69.0 Å². The molecule has 0 saturated heterocycles. The summed E-state index contributed by atoms with van der Waals surface area (Å²) in [4.78, 5) is 16.9. The van der Waals surface area contributed by atoms with E-state index in [1.165, 1.54) is 5.56 Å². The lowest BCUT2D eigenvalue weighted by molar-refractivity contribution is -0.117. The molecule has 1 heterocycles. The molecule has 0 saturated carbocycles. The van der Waals surface area contributed by atoms with Gasteiger partial charge in [-0.1, -0.05) is 64.4 Å². The Labute approximate surface area is 184 Å². The lowest BCUT2D eigenvalue weighted by atomic mass is 9.92. The van der Waals surface area contributed by atoms with Crippen molar-refractivity contribution in [2.75, 3.05) is 11.9 Å². The second kappa shape index (κ2) is 9.33. The first-order valence-electron chi connectivity index (χ1n) is 10.7. The van der Waals surface area contributed by atoms with E-state index in [4.69, 9.17) is 4.74 Å². The Morgan fingerprint density at radius 2 is 1.71 bits per heavy atom. The van der Waals surface area contributed by atoms with Crippen LogP contribution in [0.15, 0.2) is 48.5 Å². The highest BCUT2D eigenvalue weighted by atomic mass is 16.5. The van der Waals surface area contributed by atoms with Crippen LogP contribution in [0.4, 0.5) is 5.69 Å². The van der Waals surface area contributed by atoms with Crippen molar-refractivity contribution in [2.45, 2.75) is 48.0 Å². The quantitative estimate of drug-likeness (QED) is 0.536. The molecule has 3 rings (SSSR count). The Kier molecular flexibility index (Phi) is 6.78. The van der Waals surface area contributed by atoms with E-state index in [2.05, 4.69) is 48.3 Å². The van der Waals surface area contributed by atoms with E-state index in [0.29, 0.717) is 30.8 Å². The first-order chi connectivity index (χ1) is 14.6. The normalized spacial score (nSPS) is 11.6. The molecule has 1 amide bonds. The van der Waals surface area contributed by atoms with Gasteiger partial charge >= 0.3 is 6.01 Å². The molecule has 0 atom stereocenters. The molecule has 1 aromatic heterocycles. The Bertz CT molecular complexity index is 1010. The number of ether oxygens (including phenoxy) is 1. The highest BCUT2D eigenvalue weighted by molar-refractivity contribution is 5.91. The van der Waals surface area contributed by atoms with E-state index in [-0.39, 0.29) is 11.3 Å². The van der Waals surface area contributed by atoms with Gasteiger partial charge in [0.2, 0.25) is 5.91 Å². The van der Waals surface area contributed by atoms with E-state index >= 15 is 0 Å². The van der Waals surface area contributed by atoms with Crippen molar-refractivity contribution in [3.63, 3.8) is 0 Å². The molecule has 3 aromatic rings.